The summed E-state index contributed by atoms with van der Waals surface area (Å²) in [5, 5.41) is 9.23. The van der Waals surface area contributed by atoms with Gasteiger partial charge < -0.3 is 10.3 Å². The zero-order chi connectivity index (χ0) is 15.5. The van der Waals surface area contributed by atoms with Crippen LogP contribution in [0.2, 0.25) is 0 Å². The number of nitrogens with two attached hydrogens (primary N) is 1. The molecule has 1 aliphatic rings. The summed E-state index contributed by atoms with van der Waals surface area (Å²) in [6, 6.07) is 6.51. The minimum atomic E-state index is -0.337. The van der Waals surface area contributed by atoms with Crippen molar-refractivity contribution in [3.63, 3.8) is 0 Å². The van der Waals surface area contributed by atoms with Crippen LogP contribution in [0.25, 0.3) is 0 Å². The van der Waals surface area contributed by atoms with Crippen molar-refractivity contribution in [3.8, 4) is 0 Å². The van der Waals surface area contributed by atoms with E-state index in [0.717, 1.165) is 29.4 Å². The third-order valence-electron chi connectivity index (χ3n) is 3.53. The Bertz CT molecular complexity index is 684. The number of thioether (sulfide) groups is 1. The second-order valence-corrected chi connectivity index (χ2v) is 6.34. The number of halogens is 1. The van der Waals surface area contributed by atoms with Gasteiger partial charge in [-0.05, 0) is 30.5 Å². The minimum absolute atomic E-state index is 0.244. The first-order chi connectivity index (χ1) is 10.6. The molecule has 1 aromatic heterocycles. The molecule has 1 amide bonds. The Labute approximate surface area is 132 Å². The summed E-state index contributed by atoms with van der Waals surface area (Å²) in [4.78, 5) is 11.0. The molecule has 2 N–H and O–H groups in total. The molecular weight excluding hydrogens is 303 g/mol. The number of nitrogens with zero attached hydrogens (tertiary/aromatic N) is 3. The zero-order valence-corrected chi connectivity index (χ0v) is 12.9. The molecule has 1 aliphatic carbocycles. The minimum Gasteiger partial charge on any atom is -0.370 e. The highest BCUT2D eigenvalue weighted by Crippen LogP contribution is 2.40. The number of primary amides is 1. The number of carbonyl (C=O) groups is 1. The lowest BCUT2D eigenvalue weighted by Crippen LogP contribution is -2.15. The van der Waals surface area contributed by atoms with Crippen LogP contribution < -0.4 is 5.73 Å². The van der Waals surface area contributed by atoms with Crippen molar-refractivity contribution in [2.75, 3.05) is 0 Å². The Kier molecular flexibility index (Phi) is 4.42. The fourth-order valence-corrected chi connectivity index (χ4v) is 3.17. The van der Waals surface area contributed by atoms with Gasteiger partial charge in [0.05, 0.1) is 0 Å². The molecule has 1 fully saturated rings. The molecule has 0 radical (unpaired) electrons. The van der Waals surface area contributed by atoms with Crippen molar-refractivity contribution in [2.24, 2.45) is 5.73 Å². The highest BCUT2D eigenvalue weighted by atomic mass is 32.2. The molecule has 7 heteroatoms. The van der Waals surface area contributed by atoms with E-state index in [4.69, 9.17) is 5.73 Å². The van der Waals surface area contributed by atoms with Crippen molar-refractivity contribution in [3.05, 3.63) is 41.5 Å². The van der Waals surface area contributed by atoms with Crippen LogP contribution in [0.1, 0.15) is 36.6 Å². The maximum absolute atomic E-state index is 13.2. The predicted octanol–water partition coefficient (Wildman–Crippen LogP) is 2.46. The van der Waals surface area contributed by atoms with E-state index in [2.05, 4.69) is 10.2 Å². The van der Waals surface area contributed by atoms with E-state index in [9.17, 15) is 9.18 Å². The second-order valence-electron chi connectivity index (χ2n) is 5.40. The third kappa shape index (κ3) is 3.65. The fourth-order valence-electron chi connectivity index (χ4n) is 2.26. The van der Waals surface area contributed by atoms with Gasteiger partial charge in [-0.1, -0.05) is 23.9 Å². The molecule has 0 unspecified atom stereocenters. The largest absolute Gasteiger partial charge is 0.370 e. The first-order valence-electron chi connectivity index (χ1n) is 7.22. The number of hydrogen-bond acceptors (Lipinski definition) is 4. The van der Waals surface area contributed by atoms with Crippen molar-refractivity contribution in [1.29, 1.82) is 0 Å². The summed E-state index contributed by atoms with van der Waals surface area (Å²) in [7, 11) is 0. The normalized spacial score (nSPS) is 14.2. The molecule has 0 aliphatic heterocycles. The Hall–Kier alpha value is -1.89. The summed E-state index contributed by atoms with van der Waals surface area (Å²) < 4.78 is 15.2. The average Bonchev–Trinajstić information content (AvgIpc) is 3.24. The van der Waals surface area contributed by atoms with Gasteiger partial charge in [0, 0.05) is 24.6 Å². The highest BCUT2D eigenvalue weighted by Gasteiger charge is 2.30. The van der Waals surface area contributed by atoms with E-state index in [1.165, 1.54) is 23.9 Å². The topological polar surface area (TPSA) is 73.8 Å². The van der Waals surface area contributed by atoms with Gasteiger partial charge in [0.1, 0.15) is 11.6 Å². The highest BCUT2D eigenvalue weighted by molar-refractivity contribution is 7.98. The Balaban J connectivity index is 1.73. The molecule has 2 aromatic rings. The molecule has 22 heavy (non-hydrogen) atoms. The quantitative estimate of drug-likeness (QED) is 0.795. The molecule has 0 saturated heterocycles. The van der Waals surface area contributed by atoms with Crippen molar-refractivity contribution >= 4 is 17.7 Å². The SMILES string of the molecule is NC(=O)CCn1c(SCc2cccc(F)c2)nnc1C1CC1. The maximum Gasteiger partial charge on any atom is 0.219 e. The van der Waals surface area contributed by atoms with Crippen LogP contribution in [-0.2, 0) is 17.1 Å². The lowest BCUT2D eigenvalue weighted by Gasteiger charge is -2.08. The number of benzene rings is 1. The molecule has 1 saturated carbocycles. The number of carbonyl (C=O) groups excluding carboxylic acids is 1. The predicted molar refractivity (Wildman–Crippen MR) is 81.8 cm³/mol. The zero-order valence-electron chi connectivity index (χ0n) is 12.0. The van der Waals surface area contributed by atoms with Gasteiger partial charge in [-0.3, -0.25) is 4.79 Å². The summed E-state index contributed by atoms with van der Waals surface area (Å²) >= 11 is 1.50. The van der Waals surface area contributed by atoms with E-state index in [0.29, 0.717) is 18.2 Å². The summed E-state index contributed by atoms with van der Waals surface area (Å²) in [5.41, 5.74) is 6.13. The fraction of sp³-hybridized carbons (Fsp3) is 0.400. The van der Waals surface area contributed by atoms with E-state index in [1.54, 1.807) is 6.07 Å². The molecule has 116 valence electrons. The van der Waals surface area contributed by atoms with Crippen LogP contribution in [-0.4, -0.2) is 20.7 Å². The average molecular weight is 320 g/mol. The first kappa shape index (κ1) is 15.0. The molecule has 1 aromatic carbocycles. The van der Waals surface area contributed by atoms with E-state index < -0.39 is 0 Å². The van der Waals surface area contributed by atoms with Gasteiger partial charge in [0.2, 0.25) is 5.91 Å². The standard InChI is InChI=1S/C15H17FN4OS/c16-12-3-1-2-10(8-12)9-22-15-19-18-14(11-4-5-11)20(15)7-6-13(17)21/h1-3,8,11H,4-7,9H2,(H2,17,21). The summed E-state index contributed by atoms with van der Waals surface area (Å²) in [5.74, 6) is 1.41. The van der Waals surface area contributed by atoms with E-state index in [1.807, 2.05) is 10.6 Å². The van der Waals surface area contributed by atoms with Crippen molar-refractivity contribution in [2.45, 2.75) is 42.6 Å². The third-order valence-corrected chi connectivity index (χ3v) is 4.56. The van der Waals surface area contributed by atoms with E-state index in [-0.39, 0.29) is 18.1 Å². The lowest BCUT2D eigenvalue weighted by atomic mass is 10.2. The lowest BCUT2D eigenvalue weighted by molar-refractivity contribution is -0.118. The van der Waals surface area contributed by atoms with Gasteiger partial charge in [-0.2, -0.15) is 0 Å². The van der Waals surface area contributed by atoms with E-state index >= 15 is 0 Å². The van der Waals surface area contributed by atoms with Gasteiger partial charge in [-0.25, -0.2) is 4.39 Å². The van der Waals surface area contributed by atoms with Crippen molar-refractivity contribution < 1.29 is 9.18 Å². The van der Waals surface area contributed by atoms with Crippen LogP contribution in [0, 0.1) is 5.82 Å². The monoisotopic (exact) mass is 320 g/mol. The van der Waals surface area contributed by atoms with Gasteiger partial charge in [0.25, 0.3) is 0 Å². The van der Waals surface area contributed by atoms with Crippen LogP contribution >= 0.6 is 11.8 Å². The van der Waals surface area contributed by atoms with Crippen LogP contribution in [0.5, 0.6) is 0 Å². The Morgan fingerprint density at radius 2 is 2.23 bits per heavy atom. The van der Waals surface area contributed by atoms with Crippen LogP contribution in [0.3, 0.4) is 0 Å². The number of hydrogen-bond donors (Lipinski definition) is 1. The number of amides is 1. The van der Waals surface area contributed by atoms with Crippen LogP contribution in [0.15, 0.2) is 29.4 Å². The first-order valence-corrected chi connectivity index (χ1v) is 8.20. The molecule has 5 nitrogen and oxygen atoms in total. The smallest absolute Gasteiger partial charge is 0.219 e. The van der Waals surface area contributed by atoms with Gasteiger partial charge >= 0.3 is 0 Å². The molecule has 3 rings (SSSR count). The Morgan fingerprint density at radius 1 is 1.41 bits per heavy atom. The second kappa shape index (κ2) is 6.48. The summed E-state index contributed by atoms with van der Waals surface area (Å²) in [6.07, 6.45) is 2.50. The molecular formula is C15H17FN4OS. The molecule has 0 bridgehead atoms. The van der Waals surface area contributed by atoms with Crippen LogP contribution in [0.4, 0.5) is 4.39 Å². The molecule has 1 heterocycles. The van der Waals surface area contributed by atoms with Crippen molar-refractivity contribution in [1.82, 2.24) is 14.8 Å². The number of aromatic nitrogens is 3. The van der Waals surface area contributed by atoms with Gasteiger partial charge in [-0.15, -0.1) is 10.2 Å². The molecule has 0 atom stereocenters. The van der Waals surface area contributed by atoms with Gasteiger partial charge in [0.15, 0.2) is 5.16 Å². The number of rotatable bonds is 7. The molecule has 0 spiro atoms. The summed E-state index contributed by atoms with van der Waals surface area (Å²) in [6.45, 7) is 0.500. The maximum atomic E-state index is 13.2. The Morgan fingerprint density at radius 3 is 2.91 bits per heavy atom.